The predicted molar refractivity (Wildman–Crippen MR) is 78.8 cm³/mol. The summed E-state index contributed by atoms with van der Waals surface area (Å²) < 4.78 is 0. The second kappa shape index (κ2) is 9.23. The Balaban J connectivity index is 4.95. The summed E-state index contributed by atoms with van der Waals surface area (Å²) in [6, 6.07) is -4.01. The van der Waals surface area contributed by atoms with Gasteiger partial charge in [-0.05, 0) is 6.92 Å². The Morgan fingerprint density at radius 1 is 1.18 bits per heavy atom. The fraction of sp³-hybridized carbons (Fsp3) is 0.636. The van der Waals surface area contributed by atoms with Gasteiger partial charge in [0.15, 0.2) is 0 Å². The van der Waals surface area contributed by atoms with Gasteiger partial charge in [-0.1, -0.05) is 0 Å². The van der Waals surface area contributed by atoms with Crippen LogP contribution in [0.5, 0.6) is 0 Å². The van der Waals surface area contributed by atoms with Crippen LogP contribution in [0.4, 0.5) is 0 Å². The van der Waals surface area contributed by atoms with Crippen LogP contribution in [0.25, 0.3) is 0 Å². The molecule has 22 heavy (non-hydrogen) atoms. The first-order chi connectivity index (χ1) is 10.1. The van der Waals surface area contributed by atoms with Crippen molar-refractivity contribution >= 4 is 36.3 Å². The summed E-state index contributed by atoms with van der Waals surface area (Å²) in [6.45, 7) is 1.22. The molecule has 8 N–H and O–H groups in total. The number of carboxylic acid groups (broad SMARTS) is 1. The number of aliphatic hydroxyl groups excluding tert-OH is 1. The number of aliphatic carboxylic acids is 1. The molecule has 4 unspecified atom stereocenters. The number of rotatable bonds is 9. The molecule has 0 aliphatic carbocycles. The molecule has 3 amide bonds. The predicted octanol–water partition coefficient (Wildman–Crippen LogP) is -3.45. The lowest BCUT2D eigenvalue weighted by molar-refractivity contribution is -0.144. The lowest BCUT2D eigenvalue weighted by Gasteiger charge is -2.24. The van der Waals surface area contributed by atoms with Crippen LogP contribution in [-0.2, 0) is 19.2 Å². The summed E-state index contributed by atoms with van der Waals surface area (Å²) in [5.41, 5.74) is 10.3. The molecule has 126 valence electrons. The molecule has 0 aromatic rings. The maximum Gasteiger partial charge on any atom is 0.326 e. The number of carbonyl (C=O) groups is 4. The van der Waals surface area contributed by atoms with Gasteiger partial charge >= 0.3 is 5.97 Å². The number of hydrogen-bond donors (Lipinski definition) is 7. The second-order valence-corrected chi connectivity index (χ2v) is 4.95. The average Bonchev–Trinajstić information content (AvgIpc) is 2.41. The first-order valence-corrected chi connectivity index (χ1v) is 6.89. The number of amides is 3. The van der Waals surface area contributed by atoms with E-state index in [1.165, 1.54) is 6.92 Å². The van der Waals surface area contributed by atoms with Gasteiger partial charge in [0.25, 0.3) is 0 Å². The molecule has 0 spiro atoms. The Hall–Kier alpha value is -1.85. The SMILES string of the molecule is CC(O)C(NC(=O)C(N)CS)C(=O)NC(CC(N)=O)C(=O)O. The zero-order chi connectivity index (χ0) is 17.4. The van der Waals surface area contributed by atoms with E-state index in [4.69, 9.17) is 16.6 Å². The minimum absolute atomic E-state index is 0.0133. The number of carbonyl (C=O) groups excluding carboxylic acids is 3. The minimum Gasteiger partial charge on any atom is -0.480 e. The van der Waals surface area contributed by atoms with Crippen molar-refractivity contribution in [1.82, 2.24) is 10.6 Å². The van der Waals surface area contributed by atoms with E-state index in [9.17, 15) is 24.3 Å². The molecule has 0 rings (SSSR count). The van der Waals surface area contributed by atoms with Gasteiger partial charge in [-0.3, -0.25) is 14.4 Å². The fourth-order valence-electron chi connectivity index (χ4n) is 1.41. The zero-order valence-corrected chi connectivity index (χ0v) is 12.7. The Bertz CT molecular complexity index is 444. The molecule has 0 radical (unpaired) electrons. The fourth-order valence-corrected chi connectivity index (χ4v) is 1.58. The molecule has 0 aromatic heterocycles. The third-order valence-electron chi connectivity index (χ3n) is 2.62. The van der Waals surface area contributed by atoms with Gasteiger partial charge in [0.1, 0.15) is 12.1 Å². The van der Waals surface area contributed by atoms with Crippen LogP contribution in [0.2, 0.25) is 0 Å². The lowest BCUT2D eigenvalue weighted by atomic mass is 10.1. The Morgan fingerprint density at radius 3 is 2.09 bits per heavy atom. The summed E-state index contributed by atoms with van der Waals surface area (Å²) in [4.78, 5) is 45.3. The molecule has 10 nitrogen and oxygen atoms in total. The standard InChI is InChI=1S/C11H20N4O6S/c1-4(16)8(15-9(18)5(12)3-22)10(19)14-6(11(20)21)2-7(13)17/h4-6,8,16,22H,2-3,12H2,1H3,(H2,13,17)(H,14,19)(H,15,18)(H,20,21). The monoisotopic (exact) mass is 336 g/mol. The van der Waals surface area contributed by atoms with Crippen molar-refractivity contribution in [3.8, 4) is 0 Å². The van der Waals surface area contributed by atoms with Crippen LogP contribution in [0.1, 0.15) is 13.3 Å². The highest BCUT2D eigenvalue weighted by molar-refractivity contribution is 7.80. The number of nitrogens with two attached hydrogens (primary N) is 2. The summed E-state index contributed by atoms with van der Waals surface area (Å²) in [6.07, 6.45) is -1.95. The second-order valence-electron chi connectivity index (χ2n) is 4.59. The number of hydrogen-bond acceptors (Lipinski definition) is 7. The van der Waals surface area contributed by atoms with Crippen molar-refractivity contribution < 1.29 is 29.4 Å². The Morgan fingerprint density at radius 2 is 1.73 bits per heavy atom. The highest BCUT2D eigenvalue weighted by atomic mass is 32.1. The topological polar surface area (TPSA) is 185 Å². The number of aliphatic hydroxyl groups is 1. The Labute approximate surface area is 132 Å². The van der Waals surface area contributed by atoms with E-state index in [2.05, 4.69) is 17.9 Å². The van der Waals surface area contributed by atoms with Crippen LogP contribution in [0.15, 0.2) is 0 Å². The molecule has 0 fully saturated rings. The van der Waals surface area contributed by atoms with Crippen LogP contribution in [-0.4, -0.2) is 63.9 Å². The summed E-state index contributed by atoms with van der Waals surface area (Å²) in [7, 11) is 0. The maximum absolute atomic E-state index is 12.0. The third-order valence-corrected chi connectivity index (χ3v) is 3.01. The Kier molecular flexibility index (Phi) is 8.45. The van der Waals surface area contributed by atoms with Gasteiger partial charge in [0, 0.05) is 5.75 Å². The van der Waals surface area contributed by atoms with Gasteiger partial charge in [0.2, 0.25) is 17.7 Å². The summed E-state index contributed by atoms with van der Waals surface area (Å²) in [5.74, 6) is -4.11. The van der Waals surface area contributed by atoms with Crippen molar-refractivity contribution in [2.75, 3.05) is 5.75 Å². The molecule has 11 heteroatoms. The maximum atomic E-state index is 12.0. The molecule has 0 saturated carbocycles. The van der Waals surface area contributed by atoms with Crippen molar-refractivity contribution in [3.63, 3.8) is 0 Å². The normalized spacial score (nSPS) is 16.0. The van der Waals surface area contributed by atoms with Gasteiger partial charge in [-0.25, -0.2) is 4.79 Å². The number of carboxylic acids is 1. The molecule has 0 aromatic carbocycles. The summed E-state index contributed by atoms with van der Waals surface area (Å²) >= 11 is 3.82. The average molecular weight is 336 g/mol. The van der Waals surface area contributed by atoms with Gasteiger partial charge in [0.05, 0.1) is 18.6 Å². The molecule has 0 aliphatic heterocycles. The van der Waals surface area contributed by atoms with Crippen LogP contribution < -0.4 is 22.1 Å². The first kappa shape index (κ1) is 20.1. The van der Waals surface area contributed by atoms with Crippen LogP contribution >= 0.6 is 12.6 Å². The van der Waals surface area contributed by atoms with E-state index in [0.29, 0.717) is 0 Å². The van der Waals surface area contributed by atoms with E-state index in [1.807, 2.05) is 5.32 Å². The van der Waals surface area contributed by atoms with Gasteiger partial charge in [-0.2, -0.15) is 12.6 Å². The molecule has 0 aliphatic rings. The smallest absolute Gasteiger partial charge is 0.326 e. The third kappa shape index (κ3) is 6.74. The van der Waals surface area contributed by atoms with E-state index >= 15 is 0 Å². The number of thiol groups is 1. The van der Waals surface area contributed by atoms with E-state index in [0.717, 1.165) is 0 Å². The number of primary amides is 1. The largest absolute Gasteiger partial charge is 0.480 e. The molecule has 4 atom stereocenters. The van der Waals surface area contributed by atoms with Crippen molar-refractivity contribution in [1.29, 1.82) is 0 Å². The van der Waals surface area contributed by atoms with Crippen LogP contribution in [0, 0.1) is 0 Å². The zero-order valence-electron chi connectivity index (χ0n) is 11.9. The van der Waals surface area contributed by atoms with E-state index < -0.39 is 54.3 Å². The van der Waals surface area contributed by atoms with Crippen LogP contribution in [0.3, 0.4) is 0 Å². The van der Waals surface area contributed by atoms with Gasteiger partial charge in [-0.15, -0.1) is 0 Å². The molecular formula is C11H20N4O6S. The summed E-state index contributed by atoms with van der Waals surface area (Å²) in [5, 5.41) is 22.6. The molecule has 0 bridgehead atoms. The number of nitrogens with one attached hydrogen (secondary N) is 2. The highest BCUT2D eigenvalue weighted by Gasteiger charge is 2.31. The van der Waals surface area contributed by atoms with E-state index in [-0.39, 0.29) is 5.75 Å². The van der Waals surface area contributed by atoms with Crippen molar-refractivity contribution in [2.45, 2.75) is 37.6 Å². The van der Waals surface area contributed by atoms with E-state index in [1.54, 1.807) is 0 Å². The first-order valence-electron chi connectivity index (χ1n) is 6.26. The molecule has 0 heterocycles. The molecular weight excluding hydrogens is 316 g/mol. The van der Waals surface area contributed by atoms with Gasteiger partial charge < -0.3 is 32.3 Å². The quantitative estimate of drug-likeness (QED) is 0.213. The molecule has 0 saturated heterocycles. The van der Waals surface area contributed by atoms with Crippen molar-refractivity contribution in [3.05, 3.63) is 0 Å². The van der Waals surface area contributed by atoms with Crippen molar-refractivity contribution in [2.24, 2.45) is 11.5 Å². The highest BCUT2D eigenvalue weighted by Crippen LogP contribution is 1.99. The minimum atomic E-state index is -1.57. The lowest BCUT2D eigenvalue weighted by Crippen LogP contribution is -2.58.